The highest BCUT2D eigenvalue weighted by Gasteiger charge is 2.22. The quantitative estimate of drug-likeness (QED) is 0.838. The van der Waals surface area contributed by atoms with E-state index in [0.717, 1.165) is 12.1 Å². The Morgan fingerprint density at radius 2 is 1.94 bits per heavy atom. The van der Waals surface area contributed by atoms with Crippen molar-refractivity contribution in [3.8, 4) is 5.75 Å². The number of carbonyl (C=O) groups is 1. The molecule has 0 saturated carbocycles. The lowest BCUT2D eigenvalue weighted by Gasteiger charge is -2.07. The maximum absolute atomic E-state index is 13.3. The first-order valence-corrected chi connectivity index (χ1v) is 6.81. The van der Waals surface area contributed by atoms with Crippen LogP contribution in [0.3, 0.4) is 0 Å². The summed E-state index contributed by atoms with van der Waals surface area (Å²) in [5.41, 5.74) is 0. The first-order valence-electron chi connectivity index (χ1n) is 4.50. The van der Waals surface area contributed by atoms with Gasteiger partial charge < -0.3 is 9.84 Å². The molecule has 0 saturated heterocycles. The predicted octanol–water partition coefficient (Wildman–Crippen LogP) is 1.75. The highest BCUT2D eigenvalue weighted by atomic mass is 35.7. The van der Waals surface area contributed by atoms with Gasteiger partial charge in [-0.1, -0.05) is 0 Å². The van der Waals surface area contributed by atoms with Gasteiger partial charge in [0.05, 0.1) is 13.0 Å². The fourth-order valence-electron chi connectivity index (χ4n) is 1.06. The number of carboxylic acid groups (broad SMARTS) is 1. The normalized spacial score (nSPS) is 11.3. The third-order valence-electron chi connectivity index (χ3n) is 1.85. The molecule has 0 aromatic heterocycles. The number of halogens is 3. The molecule has 1 N–H and O–H groups in total. The van der Waals surface area contributed by atoms with Crippen LogP contribution in [0.25, 0.3) is 0 Å². The van der Waals surface area contributed by atoms with Crippen LogP contribution in [0.2, 0.25) is 0 Å². The van der Waals surface area contributed by atoms with E-state index >= 15 is 0 Å². The van der Waals surface area contributed by atoms with E-state index in [1.165, 1.54) is 0 Å². The molecule has 0 aliphatic heterocycles. The van der Waals surface area contributed by atoms with Crippen molar-refractivity contribution in [3.63, 3.8) is 0 Å². The van der Waals surface area contributed by atoms with Crippen LogP contribution in [0.1, 0.15) is 6.42 Å². The fraction of sp³-hybridized carbons (Fsp3) is 0.222. The molecule has 5 nitrogen and oxygen atoms in total. The zero-order valence-electron chi connectivity index (χ0n) is 8.69. The Labute approximate surface area is 105 Å². The smallest absolute Gasteiger partial charge is 0.306 e. The maximum atomic E-state index is 13.3. The van der Waals surface area contributed by atoms with E-state index in [4.69, 9.17) is 15.8 Å². The molecule has 1 rings (SSSR count). The Hall–Kier alpha value is -1.41. The van der Waals surface area contributed by atoms with Crippen molar-refractivity contribution < 1.29 is 31.8 Å². The number of benzene rings is 1. The Morgan fingerprint density at radius 3 is 2.44 bits per heavy atom. The summed E-state index contributed by atoms with van der Waals surface area (Å²) < 4.78 is 53.0. The first kappa shape index (κ1) is 14.7. The monoisotopic (exact) mass is 300 g/mol. The van der Waals surface area contributed by atoms with Gasteiger partial charge in [0.25, 0.3) is 9.05 Å². The van der Waals surface area contributed by atoms with E-state index in [-0.39, 0.29) is 6.61 Å². The van der Waals surface area contributed by atoms with Crippen molar-refractivity contribution in [3.05, 3.63) is 23.8 Å². The van der Waals surface area contributed by atoms with E-state index in [1.54, 1.807) is 0 Å². The summed E-state index contributed by atoms with van der Waals surface area (Å²) in [6, 6.07) is 1.59. The van der Waals surface area contributed by atoms with E-state index in [0.29, 0.717) is 0 Å². The van der Waals surface area contributed by atoms with Gasteiger partial charge in [0.15, 0.2) is 11.6 Å². The van der Waals surface area contributed by atoms with Crippen molar-refractivity contribution in [1.29, 1.82) is 0 Å². The number of hydrogen-bond acceptors (Lipinski definition) is 4. The molecule has 0 fully saturated rings. The van der Waals surface area contributed by atoms with Gasteiger partial charge in [-0.15, -0.1) is 0 Å². The minimum atomic E-state index is -4.40. The summed E-state index contributed by atoms with van der Waals surface area (Å²) in [5.74, 6) is -4.96. The molecule has 1 aromatic rings. The maximum Gasteiger partial charge on any atom is 0.306 e. The van der Waals surface area contributed by atoms with Crippen LogP contribution in [0.4, 0.5) is 8.78 Å². The summed E-state index contributed by atoms with van der Waals surface area (Å²) >= 11 is 0. The lowest BCUT2D eigenvalue weighted by atomic mass is 10.3. The first-order chi connectivity index (χ1) is 8.23. The second-order valence-electron chi connectivity index (χ2n) is 3.12. The van der Waals surface area contributed by atoms with Gasteiger partial charge in [-0.05, 0) is 12.1 Å². The molecule has 100 valence electrons. The third-order valence-corrected chi connectivity index (χ3v) is 3.19. The van der Waals surface area contributed by atoms with E-state index in [1.807, 2.05) is 0 Å². The molecule has 0 spiro atoms. The molecule has 0 bridgehead atoms. The topological polar surface area (TPSA) is 80.7 Å². The van der Waals surface area contributed by atoms with Crippen LogP contribution in [-0.2, 0) is 13.8 Å². The van der Waals surface area contributed by atoms with Gasteiger partial charge in [0.1, 0.15) is 4.90 Å². The minimum Gasteiger partial charge on any atom is -0.490 e. The Bertz CT molecular complexity index is 573. The molecule has 0 unspecified atom stereocenters. The van der Waals surface area contributed by atoms with Crippen LogP contribution >= 0.6 is 10.7 Å². The van der Waals surface area contributed by atoms with Crippen molar-refractivity contribution in [2.75, 3.05) is 6.61 Å². The summed E-state index contributed by atoms with van der Waals surface area (Å²) in [6.07, 6.45) is -0.406. The summed E-state index contributed by atoms with van der Waals surface area (Å²) in [4.78, 5) is 9.18. The predicted molar refractivity (Wildman–Crippen MR) is 57.1 cm³/mol. The zero-order valence-corrected chi connectivity index (χ0v) is 10.3. The van der Waals surface area contributed by atoms with Crippen LogP contribution < -0.4 is 4.74 Å². The zero-order chi connectivity index (χ0) is 13.9. The average Bonchev–Trinajstić information content (AvgIpc) is 2.22. The van der Waals surface area contributed by atoms with Crippen LogP contribution in [-0.4, -0.2) is 26.1 Å². The number of hydrogen-bond donors (Lipinski definition) is 1. The van der Waals surface area contributed by atoms with Gasteiger partial charge in [-0.25, -0.2) is 12.8 Å². The van der Waals surface area contributed by atoms with E-state index < -0.39 is 43.7 Å². The van der Waals surface area contributed by atoms with Gasteiger partial charge in [0, 0.05) is 10.7 Å². The Balaban J connectivity index is 2.98. The van der Waals surface area contributed by atoms with Crippen molar-refractivity contribution in [2.24, 2.45) is 0 Å². The average molecular weight is 301 g/mol. The molecular formula is C9H7ClF2O5S. The van der Waals surface area contributed by atoms with Crippen molar-refractivity contribution >= 4 is 25.7 Å². The van der Waals surface area contributed by atoms with Gasteiger partial charge >= 0.3 is 5.97 Å². The molecular weight excluding hydrogens is 294 g/mol. The molecule has 0 aliphatic rings. The van der Waals surface area contributed by atoms with Gasteiger partial charge in [-0.3, -0.25) is 4.79 Å². The number of rotatable bonds is 5. The van der Waals surface area contributed by atoms with Gasteiger partial charge in [0.2, 0.25) is 5.82 Å². The highest BCUT2D eigenvalue weighted by Crippen LogP contribution is 2.27. The largest absolute Gasteiger partial charge is 0.490 e. The molecule has 0 heterocycles. The summed E-state index contributed by atoms with van der Waals surface area (Å²) in [7, 11) is 0.482. The van der Waals surface area contributed by atoms with Crippen LogP contribution in [0.15, 0.2) is 17.0 Å². The van der Waals surface area contributed by atoms with Crippen molar-refractivity contribution in [1.82, 2.24) is 0 Å². The minimum absolute atomic E-state index is 0.376. The number of carboxylic acids is 1. The fourth-order valence-corrected chi connectivity index (χ4v) is 1.95. The van der Waals surface area contributed by atoms with Crippen LogP contribution in [0, 0.1) is 11.6 Å². The lowest BCUT2D eigenvalue weighted by Crippen LogP contribution is -2.07. The molecule has 0 atom stereocenters. The van der Waals surface area contributed by atoms with Gasteiger partial charge in [-0.2, -0.15) is 4.39 Å². The Kier molecular flexibility index (Phi) is 4.47. The summed E-state index contributed by atoms with van der Waals surface area (Å²) in [5, 5.41) is 8.32. The molecule has 9 heteroatoms. The second kappa shape index (κ2) is 5.49. The molecule has 1 aromatic carbocycles. The lowest BCUT2D eigenvalue weighted by molar-refractivity contribution is -0.137. The van der Waals surface area contributed by atoms with E-state index in [9.17, 15) is 22.0 Å². The Morgan fingerprint density at radius 1 is 1.33 bits per heavy atom. The third kappa shape index (κ3) is 3.54. The molecule has 0 radical (unpaired) electrons. The second-order valence-corrected chi connectivity index (χ2v) is 5.65. The summed E-state index contributed by atoms with van der Waals surface area (Å²) in [6.45, 7) is -0.376. The standard InChI is InChI=1S/C9H7ClF2O5S/c10-18(15,16)6-2-1-5(8(11)9(6)12)17-4-3-7(13)14/h1-2H,3-4H2,(H,13,14). The van der Waals surface area contributed by atoms with Crippen molar-refractivity contribution in [2.45, 2.75) is 11.3 Å². The SMILES string of the molecule is O=C(O)CCOc1ccc(S(=O)(=O)Cl)c(F)c1F. The molecule has 0 aliphatic carbocycles. The number of aliphatic carboxylic acids is 1. The van der Waals surface area contributed by atoms with Crippen LogP contribution in [0.5, 0.6) is 5.75 Å². The van der Waals surface area contributed by atoms with E-state index in [2.05, 4.69) is 4.74 Å². The number of ether oxygens (including phenoxy) is 1. The molecule has 0 amide bonds. The molecule has 18 heavy (non-hydrogen) atoms. The highest BCUT2D eigenvalue weighted by molar-refractivity contribution is 8.13.